The van der Waals surface area contributed by atoms with Gasteiger partial charge in [-0.2, -0.15) is 0 Å². The Bertz CT molecular complexity index is 1170. The number of para-hydroxylation sites is 1. The van der Waals surface area contributed by atoms with E-state index in [4.69, 9.17) is 0 Å². The first-order chi connectivity index (χ1) is 17.9. The predicted octanol–water partition coefficient (Wildman–Crippen LogP) is 5.74. The van der Waals surface area contributed by atoms with E-state index >= 15 is 0 Å². The standard InChI is InChI=1S/C31H38N4O2.CH4/c1-24(2)12-11-19-32-30(36)22-34(29-18-10-9-17-28(29)25-13-5-4-6-14-25)23-31(37)33(3)35-20-26-15-7-8-16-27(26)21-35;/h4-10,13-18,24H,11-12,19-23H2,1-3H3,(H,32,36);1H4. The predicted molar refractivity (Wildman–Crippen MR) is 156 cm³/mol. The van der Waals surface area contributed by atoms with Crippen LogP contribution in [-0.2, 0) is 22.7 Å². The molecule has 6 nitrogen and oxygen atoms in total. The molecule has 6 heteroatoms. The summed E-state index contributed by atoms with van der Waals surface area (Å²) in [6.07, 6.45) is 2.02. The Balaban J connectivity index is 0.00000400. The van der Waals surface area contributed by atoms with Crippen molar-refractivity contribution in [2.75, 3.05) is 31.6 Å². The molecule has 202 valence electrons. The van der Waals surface area contributed by atoms with E-state index in [1.165, 1.54) is 11.1 Å². The van der Waals surface area contributed by atoms with E-state index in [9.17, 15) is 9.59 Å². The van der Waals surface area contributed by atoms with Crippen molar-refractivity contribution in [3.8, 4) is 11.1 Å². The molecule has 3 aromatic rings. The van der Waals surface area contributed by atoms with Crippen LogP contribution in [0.5, 0.6) is 0 Å². The van der Waals surface area contributed by atoms with Crippen LogP contribution in [0.3, 0.4) is 0 Å². The molecule has 0 fully saturated rings. The van der Waals surface area contributed by atoms with Crippen molar-refractivity contribution in [3.05, 3.63) is 90.0 Å². The van der Waals surface area contributed by atoms with Crippen LogP contribution in [0.2, 0.25) is 0 Å². The summed E-state index contributed by atoms with van der Waals surface area (Å²) in [7, 11) is 1.82. The summed E-state index contributed by atoms with van der Waals surface area (Å²) in [4.78, 5) is 28.4. The van der Waals surface area contributed by atoms with Crippen molar-refractivity contribution in [2.24, 2.45) is 5.92 Å². The Morgan fingerprint density at radius 3 is 2.13 bits per heavy atom. The third kappa shape index (κ3) is 7.45. The molecule has 2 amide bonds. The summed E-state index contributed by atoms with van der Waals surface area (Å²) in [6, 6.07) is 26.4. The van der Waals surface area contributed by atoms with Gasteiger partial charge >= 0.3 is 0 Å². The first-order valence-corrected chi connectivity index (χ1v) is 13.2. The number of carbonyl (C=O) groups excluding carboxylic acids is 2. The van der Waals surface area contributed by atoms with Gasteiger partial charge in [0.25, 0.3) is 5.91 Å². The quantitative estimate of drug-likeness (QED) is 0.332. The summed E-state index contributed by atoms with van der Waals surface area (Å²) in [6.45, 7) is 6.64. The van der Waals surface area contributed by atoms with Gasteiger partial charge in [-0.1, -0.05) is 94.1 Å². The molecular weight excluding hydrogens is 472 g/mol. The Morgan fingerprint density at radius 2 is 1.47 bits per heavy atom. The van der Waals surface area contributed by atoms with Gasteiger partial charge in [-0.3, -0.25) is 14.6 Å². The van der Waals surface area contributed by atoms with Crippen LogP contribution in [0.25, 0.3) is 11.1 Å². The molecule has 0 unspecified atom stereocenters. The fourth-order valence-corrected chi connectivity index (χ4v) is 4.76. The lowest BCUT2D eigenvalue weighted by molar-refractivity contribution is -0.145. The van der Waals surface area contributed by atoms with E-state index in [-0.39, 0.29) is 32.3 Å². The maximum Gasteiger partial charge on any atom is 0.256 e. The number of benzene rings is 3. The van der Waals surface area contributed by atoms with E-state index in [1.54, 1.807) is 5.01 Å². The van der Waals surface area contributed by atoms with Crippen LogP contribution in [0.4, 0.5) is 5.69 Å². The molecule has 38 heavy (non-hydrogen) atoms. The third-order valence-electron chi connectivity index (χ3n) is 6.88. The zero-order valence-corrected chi connectivity index (χ0v) is 22.2. The lowest BCUT2D eigenvalue weighted by Gasteiger charge is -2.32. The van der Waals surface area contributed by atoms with Gasteiger partial charge in [-0.25, -0.2) is 5.01 Å². The number of carbonyl (C=O) groups is 2. The molecule has 0 atom stereocenters. The number of hydrogen-bond acceptors (Lipinski definition) is 4. The lowest BCUT2D eigenvalue weighted by Crippen LogP contribution is -2.48. The largest absolute Gasteiger partial charge is 0.355 e. The highest BCUT2D eigenvalue weighted by Gasteiger charge is 2.27. The summed E-state index contributed by atoms with van der Waals surface area (Å²) < 4.78 is 0. The maximum atomic E-state index is 13.5. The SMILES string of the molecule is C.CC(C)CCCNC(=O)CN(CC(=O)N(C)N1Cc2ccccc2C1)c1ccccc1-c1ccccc1. The van der Waals surface area contributed by atoms with Crippen molar-refractivity contribution < 1.29 is 9.59 Å². The minimum atomic E-state index is -0.0735. The van der Waals surface area contributed by atoms with Gasteiger partial charge < -0.3 is 10.2 Å². The molecule has 0 saturated carbocycles. The van der Waals surface area contributed by atoms with Crippen LogP contribution >= 0.6 is 0 Å². The number of nitrogens with one attached hydrogen (secondary N) is 1. The van der Waals surface area contributed by atoms with Crippen molar-refractivity contribution in [3.63, 3.8) is 0 Å². The number of fused-ring (bicyclic) bond motifs is 1. The topological polar surface area (TPSA) is 55.9 Å². The smallest absolute Gasteiger partial charge is 0.256 e. The number of hydrazine groups is 1. The second kappa shape index (κ2) is 13.8. The summed E-state index contributed by atoms with van der Waals surface area (Å²) in [5, 5.41) is 6.81. The van der Waals surface area contributed by atoms with Gasteiger partial charge in [0.2, 0.25) is 5.91 Å². The summed E-state index contributed by atoms with van der Waals surface area (Å²) in [5.74, 6) is 0.481. The number of nitrogens with zero attached hydrogens (tertiary/aromatic N) is 3. The molecule has 1 aliphatic heterocycles. The molecule has 0 saturated heterocycles. The second-order valence-electron chi connectivity index (χ2n) is 10.1. The normalized spacial score (nSPS) is 12.5. The van der Waals surface area contributed by atoms with Gasteiger partial charge in [0.15, 0.2) is 0 Å². The summed E-state index contributed by atoms with van der Waals surface area (Å²) in [5.41, 5.74) is 5.41. The molecule has 1 aliphatic rings. The first kappa shape index (κ1) is 28.9. The molecule has 1 heterocycles. The molecule has 4 rings (SSSR count). The molecule has 0 spiro atoms. The number of anilines is 1. The van der Waals surface area contributed by atoms with E-state index in [1.807, 2.05) is 66.5 Å². The zero-order valence-electron chi connectivity index (χ0n) is 22.2. The fourth-order valence-electron chi connectivity index (χ4n) is 4.76. The van der Waals surface area contributed by atoms with Gasteiger partial charge in [0, 0.05) is 37.9 Å². The highest BCUT2D eigenvalue weighted by Crippen LogP contribution is 2.31. The van der Waals surface area contributed by atoms with Gasteiger partial charge in [-0.05, 0) is 41.5 Å². The zero-order chi connectivity index (χ0) is 26.2. The van der Waals surface area contributed by atoms with E-state index in [0.717, 1.165) is 29.7 Å². The molecular formula is C32H42N4O2. The van der Waals surface area contributed by atoms with Crippen LogP contribution < -0.4 is 10.2 Å². The Kier molecular flexibility index (Phi) is 10.5. The van der Waals surface area contributed by atoms with Crippen LogP contribution in [0.15, 0.2) is 78.9 Å². The van der Waals surface area contributed by atoms with E-state index < -0.39 is 0 Å². The Labute approximate surface area is 228 Å². The lowest BCUT2D eigenvalue weighted by atomic mass is 10.0. The molecule has 0 bridgehead atoms. The third-order valence-corrected chi connectivity index (χ3v) is 6.88. The van der Waals surface area contributed by atoms with E-state index in [0.29, 0.717) is 25.6 Å². The average Bonchev–Trinajstić information content (AvgIpc) is 3.35. The number of rotatable bonds is 11. The molecule has 0 aromatic heterocycles. The highest BCUT2D eigenvalue weighted by atomic mass is 16.2. The summed E-state index contributed by atoms with van der Waals surface area (Å²) >= 11 is 0. The Morgan fingerprint density at radius 1 is 0.868 bits per heavy atom. The van der Waals surface area contributed by atoms with Crippen molar-refractivity contribution in [1.82, 2.24) is 15.3 Å². The van der Waals surface area contributed by atoms with Crippen LogP contribution in [0.1, 0.15) is 45.2 Å². The van der Waals surface area contributed by atoms with E-state index in [2.05, 4.69) is 48.4 Å². The first-order valence-electron chi connectivity index (χ1n) is 13.2. The van der Waals surface area contributed by atoms with Crippen LogP contribution in [0, 0.1) is 5.92 Å². The minimum Gasteiger partial charge on any atom is -0.355 e. The fraction of sp³-hybridized carbons (Fsp3) is 0.375. The van der Waals surface area contributed by atoms with Crippen LogP contribution in [-0.4, -0.2) is 48.5 Å². The van der Waals surface area contributed by atoms with Crippen molar-refractivity contribution in [1.29, 1.82) is 0 Å². The maximum absolute atomic E-state index is 13.5. The number of amides is 2. The Hall–Kier alpha value is -3.64. The number of hydrogen-bond donors (Lipinski definition) is 1. The van der Waals surface area contributed by atoms with Gasteiger partial charge in [0.1, 0.15) is 0 Å². The molecule has 0 aliphatic carbocycles. The van der Waals surface area contributed by atoms with Gasteiger partial charge in [0.05, 0.1) is 13.1 Å². The highest BCUT2D eigenvalue weighted by molar-refractivity contribution is 5.89. The number of likely N-dealkylation sites (N-methyl/N-ethyl adjacent to an activating group) is 1. The molecule has 3 aromatic carbocycles. The average molecular weight is 515 g/mol. The van der Waals surface area contributed by atoms with Crippen molar-refractivity contribution >= 4 is 17.5 Å². The molecule has 1 N–H and O–H groups in total. The molecule has 0 radical (unpaired) electrons. The van der Waals surface area contributed by atoms with Crippen molar-refractivity contribution in [2.45, 2.75) is 47.2 Å². The second-order valence-corrected chi connectivity index (χ2v) is 10.1. The minimum absolute atomic E-state index is 0. The van der Waals surface area contributed by atoms with Gasteiger partial charge in [-0.15, -0.1) is 0 Å². The monoisotopic (exact) mass is 514 g/mol.